The molecule has 25 heavy (non-hydrogen) atoms. The van der Waals surface area contributed by atoms with Gasteiger partial charge in [0.1, 0.15) is 0 Å². The Kier molecular flexibility index (Phi) is 3.24. The zero-order valence-electron chi connectivity index (χ0n) is 13.6. The summed E-state index contributed by atoms with van der Waals surface area (Å²) in [6.07, 6.45) is 2.25. The summed E-state index contributed by atoms with van der Waals surface area (Å²) >= 11 is 0. The van der Waals surface area contributed by atoms with Crippen LogP contribution >= 0.6 is 0 Å². The third-order valence-corrected chi connectivity index (χ3v) is 4.75. The third kappa shape index (κ3) is 2.64. The Balaban J connectivity index is 1.31. The monoisotopic (exact) mass is 335 g/mol. The van der Waals surface area contributed by atoms with Crippen molar-refractivity contribution < 1.29 is 14.0 Å². The molecule has 1 aromatic heterocycles. The van der Waals surface area contributed by atoms with Crippen LogP contribution in [0.1, 0.15) is 24.3 Å². The van der Waals surface area contributed by atoms with Gasteiger partial charge in [0.15, 0.2) is 11.5 Å². The van der Waals surface area contributed by atoms with Crippen LogP contribution in [0.3, 0.4) is 0 Å². The van der Waals surface area contributed by atoms with E-state index in [1.54, 1.807) is 0 Å². The Morgan fingerprint density at radius 1 is 1.00 bits per heavy atom. The Labute approximate surface area is 144 Å². The first-order chi connectivity index (χ1) is 12.3. The average molecular weight is 335 g/mol. The predicted molar refractivity (Wildman–Crippen MR) is 90.1 cm³/mol. The molecule has 2 aliphatic rings. The highest BCUT2D eigenvalue weighted by Crippen LogP contribution is 2.45. The Morgan fingerprint density at radius 2 is 1.84 bits per heavy atom. The molecule has 0 spiro atoms. The maximum atomic E-state index is 5.40. The summed E-state index contributed by atoms with van der Waals surface area (Å²) in [6, 6.07) is 16.1. The second kappa shape index (κ2) is 5.60. The minimum Gasteiger partial charge on any atom is -0.454 e. The van der Waals surface area contributed by atoms with Crippen molar-refractivity contribution >= 4 is 0 Å². The first-order valence-corrected chi connectivity index (χ1v) is 8.36. The molecule has 6 heteroatoms. The molecule has 1 fully saturated rings. The predicted octanol–water partition coefficient (Wildman–Crippen LogP) is 3.24. The van der Waals surface area contributed by atoms with E-state index in [9.17, 15) is 0 Å². The highest BCUT2D eigenvalue weighted by Gasteiger charge is 2.43. The van der Waals surface area contributed by atoms with E-state index in [2.05, 4.69) is 39.7 Å². The van der Waals surface area contributed by atoms with Crippen LogP contribution in [-0.2, 0) is 12.1 Å². The van der Waals surface area contributed by atoms with E-state index in [4.69, 9.17) is 14.0 Å². The maximum Gasteiger partial charge on any atom is 0.240 e. The molecule has 2 aromatic carbocycles. The fraction of sp³-hybridized carbons (Fsp3) is 0.263. The van der Waals surface area contributed by atoms with Gasteiger partial charge in [0.25, 0.3) is 0 Å². The number of hydrogen-bond acceptors (Lipinski definition) is 6. The molecule has 0 bridgehead atoms. The molecule has 0 saturated heterocycles. The fourth-order valence-corrected chi connectivity index (χ4v) is 3.17. The lowest BCUT2D eigenvalue weighted by molar-refractivity contribution is 0.174. The molecule has 0 radical (unpaired) electrons. The van der Waals surface area contributed by atoms with Crippen molar-refractivity contribution in [1.29, 1.82) is 0 Å². The van der Waals surface area contributed by atoms with Crippen LogP contribution in [0.4, 0.5) is 0 Å². The second-order valence-corrected chi connectivity index (χ2v) is 6.38. The van der Waals surface area contributed by atoms with Gasteiger partial charge in [-0.1, -0.05) is 35.5 Å². The van der Waals surface area contributed by atoms with E-state index < -0.39 is 0 Å². The maximum absolute atomic E-state index is 5.40. The topological polar surface area (TPSA) is 69.4 Å². The second-order valence-electron chi connectivity index (χ2n) is 6.38. The van der Waals surface area contributed by atoms with Crippen LogP contribution < -0.4 is 14.8 Å². The number of rotatable bonds is 5. The Morgan fingerprint density at radius 3 is 2.68 bits per heavy atom. The quantitative estimate of drug-likeness (QED) is 0.772. The Hall–Kier alpha value is -2.86. The van der Waals surface area contributed by atoms with E-state index in [1.165, 1.54) is 5.56 Å². The Bertz CT molecular complexity index is 903. The lowest BCUT2D eigenvalue weighted by atomic mass is 10.1. The van der Waals surface area contributed by atoms with Crippen LogP contribution in [0.5, 0.6) is 11.5 Å². The molecule has 0 amide bonds. The SMILES string of the molecule is c1ccc(C2(NCc3nc(-c4ccc5c(c4)OCO5)no3)CC2)cc1. The first kappa shape index (κ1) is 14.5. The number of fused-ring (bicyclic) bond motifs is 1. The summed E-state index contributed by atoms with van der Waals surface area (Å²) in [7, 11) is 0. The van der Waals surface area contributed by atoms with Gasteiger partial charge in [-0.3, -0.25) is 5.32 Å². The van der Waals surface area contributed by atoms with Gasteiger partial charge >= 0.3 is 0 Å². The van der Waals surface area contributed by atoms with Crippen LogP contribution in [0.25, 0.3) is 11.4 Å². The van der Waals surface area contributed by atoms with Gasteiger partial charge in [-0.15, -0.1) is 0 Å². The number of benzene rings is 2. The van der Waals surface area contributed by atoms with Gasteiger partial charge in [-0.05, 0) is 36.6 Å². The van der Waals surface area contributed by atoms with Crippen LogP contribution in [-0.4, -0.2) is 16.9 Å². The van der Waals surface area contributed by atoms with E-state index in [1.807, 2.05) is 24.3 Å². The smallest absolute Gasteiger partial charge is 0.240 e. The number of hydrogen-bond donors (Lipinski definition) is 1. The van der Waals surface area contributed by atoms with Gasteiger partial charge in [0.05, 0.1) is 6.54 Å². The van der Waals surface area contributed by atoms with Gasteiger partial charge in [-0.25, -0.2) is 0 Å². The van der Waals surface area contributed by atoms with Crippen molar-refractivity contribution in [3.8, 4) is 22.9 Å². The molecule has 0 atom stereocenters. The molecular weight excluding hydrogens is 318 g/mol. The van der Waals surface area contributed by atoms with E-state index in [0.29, 0.717) is 24.0 Å². The van der Waals surface area contributed by atoms with Gasteiger partial charge in [0.2, 0.25) is 18.5 Å². The first-order valence-electron chi connectivity index (χ1n) is 8.36. The largest absolute Gasteiger partial charge is 0.454 e. The summed E-state index contributed by atoms with van der Waals surface area (Å²) in [5, 5.41) is 7.65. The van der Waals surface area contributed by atoms with Crippen molar-refractivity contribution in [2.75, 3.05) is 6.79 Å². The van der Waals surface area contributed by atoms with Gasteiger partial charge in [0, 0.05) is 11.1 Å². The minimum absolute atomic E-state index is 0.0502. The number of nitrogens with one attached hydrogen (secondary N) is 1. The van der Waals surface area contributed by atoms with Crippen LogP contribution in [0.15, 0.2) is 53.1 Å². The molecule has 0 unspecified atom stereocenters. The van der Waals surface area contributed by atoms with Crippen molar-refractivity contribution in [1.82, 2.24) is 15.5 Å². The summed E-state index contributed by atoms with van der Waals surface area (Å²) in [6.45, 7) is 0.800. The van der Waals surface area contributed by atoms with Crippen molar-refractivity contribution in [3.05, 3.63) is 60.0 Å². The highest BCUT2D eigenvalue weighted by molar-refractivity contribution is 5.61. The van der Waals surface area contributed by atoms with Crippen LogP contribution in [0, 0.1) is 0 Å². The molecule has 5 rings (SSSR count). The molecule has 1 aliphatic carbocycles. The summed E-state index contributed by atoms with van der Waals surface area (Å²) in [5.41, 5.74) is 2.21. The molecule has 126 valence electrons. The minimum atomic E-state index is 0.0502. The molecule has 6 nitrogen and oxygen atoms in total. The van der Waals surface area contributed by atoms with Gasteiger partial charge in [-0.2, -0.15) is 4.98 Å². The highest BCUT2D eigenvalue weighted by atomic mass is 16.7. The normalized spacial score (nSPS) is 16.8. The summed E-state index contributed by atoms with van der Waals surface area (Å²) in [4.78, 5) is 4.49. The van der Waals surface area contributed by atoms with E-state index in [-0.39, 0.29) is 12.3 Å². The number of ether oxygens (including phenoxy) is 2. The molecule has 1 saturated carbocycles. The van der Waals surface area contributed by atoms with Crippen LogP contribution in [0.2, 0.25) is 0 Å². The average Bonchev–Trinajstić information content (AvgIpc) is 3.07. The zero-order chi connectivity index (χ0) is 16.7. The lowest BCUT2D eigenvalue weighted by Crippen LogP contribution is -2.28. The van der Waals surface area contributed by atoms with Crippen molar-refractivity contribution in [2.24, 2.45) is 0 Å². The van der Waals surface area contributed by atoms with Crippen molar-refractivity contribution in [3.63, 3.8) is 0 Å². The van der Waals surface area contributed by atoms with E-state index in [0.717, 1.165) is 24.2 Å². The molecule has 3 aromatic rings. The summed E-state index contributed by atoms with van der Waals surface area (Å²) < 4.78 is 16.1. The molecule has 1 aliphatic heterocycles. The molecular formula is C19H17N3O3. The van der Waals surface area contributed by atoms with Gasteiger partial charge < -0.3 is 14.0 Å². The zero-order valence-corrected chi connectivity index (χ0v) is 13.6. The number of nitrogens with zero attached hydrogens (tertiary/aromatic N) is 2. The number of aromatic nitrogens is 2. The fourth-order valence-electron chi connectivity index (χ4n) is 3.17. The van der Waals surface area contributed by atoms with Crippen molar-refractivity contribution in [2.45, 2.75) is 24.9 Å². The molecule has 2 heterocycles. The summed E-state index contributed by atoms with van der Waals surface area (Å²) in [5.74, 6) is 2.59. The molecule has 1 N–H and O–H groups in total. The lowest BCUT2D eigenvalue weighted by Gasteiger charge is -2.16. The van der Waals surface area contributed by atoms with E-state index >= 15 is 0 Å². The third-order valence-electron chi connectivity index (χ3n) is 4.75. The standard InChI is InChI=1S/C19H17N3O3/c1-2-4-14(5-3-1)19(8-9-19)20-11-17-21-18(22-25-17)13-6-7-15-16(10-13)24-12-23-15/h1-7,10,20H,8-9,11-12H2.